The number of allylic oxidation sites excluding steroid dienone is 4. The fourth-order valence-electron chi connectivity index (χ4n) is 13.5. The maximum atomic E-state index is 13.5. The van der Waals surface area contributed by atoms with Crippen LogP contribution in [0, 0.1) is 0 Å². The molecule has 0 aromatic rings. The summed E-state index contributed by atoms with van der Waals surface area (Å²) >= 11 is 0. The Hall–Kier alpha value is -1.73. The second kappa shape index (κ2) is 57.8. The van der Waals surface area contributed by atoms with Gasteiger partial charge in [0, 0.05) is 6.42 Å². The highest BCUT2D eigenvalue weighted by atomic mass is 16.8. The minimum atomic E-state index is -1.97. The molecular weight excluding hydrogens is 1210 g/mol. The number of aliphatic hydroxyl groups excluding tert-OH is 11. The van der Waals surface area contributed by atoms with Gasteiger partial charge >= 0.3 is 0 Å². The number of ether oxygens (including phenoxy) is 6. The topological polar surface area (TPSA) is 307 Å². The Labute approximate surface area is 575 Å². The van der Waals surface area contributed by atoms with Crippen molar-refractivity contribution in [2.24, 2.45) is 0 Å². The highest BCUT2D eigenvalue weighted by Gasteiger charge is 2.54. The molecule has 1 amide bonds. The maximum Gasteiger partial charge on any atom is 0.220 e. The van der Waals surface area contributed by atoms with Crippen LogP contribution in [0.5, 0.6) is 0 Å². The van der Waals surface area contributed by atoms with E-state index in [4.69, 9.17) is 28.4 Å². The zero-order valence-electron chi connectivity index (χ0n) is 59.7. The van der Waals surface area contributed by atoms with Crippen LogP contribution in [0.1, 0.15) is 322 Å². The Morgan fingerprint density at radius 3 is 1.07 bits per heavy atom. The van der Waals surface area contributed by atoms with Crippen LogP contribution in [-0.2, 0) is 33.2 Å². The van der Waals surface area contributed by atoms with Crippen molar-refractivity contribution in [3.8, 4) is 0 Å². The van der Waals surface area contributed by atoms with E-state index < -0.39 is 124 Å². The second-order valence-electron chi connectivity index (χ2n) is 28.2. The maximum absolute atomic E-state index is 13.5. The molecular formula is C76H143NO18. The Kier molecular flexibility index (Phi) is 53.3. The van der Waals surface area contributed by atoms with Gasteiger partial charge in [-0.05, 0) is 44.9 Å². The van der Waals surface area contributed by atoms with Gasteiger partial charge < -0.3 is 89.9 Å². The second-order valence-corrected chi connectivity index (χ2v) is 28.2. The number of nitrogens with one attached hydrogen (secondary N) is 1. The number of hydrogen-bond donors (Lipinski definition) is 12. The Balaban J connectivity index is 1.36. The Bertz CT molecular complexity index is 1810. The lowest BCUT2D eigenvalue weighted by atomic mass is 9.96. The van der Waals surface area contributed by atoms with Gasteiger partial charge in [-0.3, -0.25) is 4.79 Å². The van der Waals surface area contributed by atoms with Gasteiger partial charge in [0.25, 0.3) is 0 Å². The molecule has 19 heteroatoms. The van der Waals surface area contributed by atoms with E-state index in [1.165, 1.54) is 238 Å². The third kappa shape index (κ3) is 38.8. The summed E-state index contributed by atoms with van der Waals surface area (Å²) in [6.45, 7) is 1.84. The molecule has 17 atom stereocenters. The normalized spacial score (nSPS) is 27.3. The first kappa shape index (κ1) is 87.5. The summed E-state index contributed by atoms with van der Waals surface area (Å²) in [5.74, 6) is -0.236. The molecule has 3 rings (SSSR count). The molecule has 0 saturated carbocycles. The largest absolute Gasteiger partial charge is 0.394 e. The number of hydrogen-bond acceptors (Lipinski definition) is 18. The van der Waals surface area contributed by atoms with Crippen molar-refractivity contribution in [2.75, 3.05) is 26.4 Å². The first-order valence-electron chi connectivity index (χ1n) is 39.1. The third-order valence-electron chi connectivity index (χ3n) is 19.8. The van der Waals surface area contributed by atoms with Gasteiger partial charge in [-0.2, -0.15) is 0 Å². The summed E-state index contributed by atoms with van der Waals surface area (Å²) in [6.07, 6.45) is 41.2. The van der Waals surface area contributed by atoms with Gasteiger partial charge in [0.1, 0.15) is 73.2 Å². The smallest absolute Gasteiger partial charge is 0.220 e. The molecule has 3 fully saturated rings. The number of rotatable bonds is 62. The van der Waals surface area contributed by atoms with Gasteiger partial charge in [0.2, 0.25) is 5.91 Å². The van der Waals surface area contributed by atoms with Crippen LogP contribution < -0.4 is 5.32 Å². The number of carbonyl (C=O) groups is 1. The zero-order chi connectivity index (χ0) is 68.9. The quantitative estimate of drug-likeness (QED) is 0.0199. The molecule has 3 aliphatic heterocycles. The van der Waals surface area contributed by atoms with Crippen molar-refractivity contribution in [3.05, 3.63) is 24.3 Å². The molecule has 0 aromatic carbocycles. The summed E-state index contributed by atoms with van der Waals surface area (Å²) in [6, 6.07) is -0.885. The van der Waals surface area contributed by atoms with Crippen molar-refractivity contribution < 1.29 is 89.4 Å². The lowest BCUT2D eigenvalue weighted by Crippen LogP contribution is -2.66. The minimum absolute atomic E-state index is 0.236. The van der Waals surface area contributed by atoms with Crippen molar-refractivity contribution in [1.29, 1.82) is 0 Å². The van der Waals surface area contributed by atoms with Gasteiger partial charge in [0.05, 0.1) is 38.6 Å². The SMILES string of the molecule is CCCCCCC/C=C\C/C=C\CCCCCCCCCCCCCCCCCCCCCC(=O)NC(COC1OC(CO)C(OC2OC(CO)C(OC3OC(CO)C(O)C(O)C3O)C(O)C2O)C(O)C1O)C(O)CCCCCCCCCCCCCCCCCCCCC. The van der Waals surface area contributed by atoms with Crippen molar-refractivity contribution in [2.45, 2.75) is 426 Å². The van der Waals surface area contributed by atoms with Gasteiger partial charge in [0.15, 0.2) is 18.9 Å². The molecule has 3 saturated heterocycles. The highest BCUT2D eigenvalue weighted by Crippen LogP contribution is 2.33. The predicted molar refractivity (Wildman–Crippen MR) is 374 cm³/mol. The van der Waals surface area contributed by atoms with Crippen molar-refractivity contribution in [3.63, 3.8) is 0 Å². The molecule has 0 aromatic heterocycles. The Morgan fingerprint density at radius 1 is 0.379 bits per heavy atom. The molecule has 19 nitrogen and oxygen atoms in total. The molecule has 0 bridgehead atoms. The van der Waals surface area contributed by atoms with Crippen LogP contribution in [0.2, 0.25) is 0 Å². The van der Waals surface area contributed by atoms with Gasteiger partial charge in [-0.1, -0.05) is 295 Å². The third-order valence-corrected chi connectivity index (χ3v) is 19.8. The average Bonchev–Trinajstić information content (AvgIpc) is 0.787. The summed E-state index contributed by atoms with van der Waals surface area (Å²) < 4.78 is 34.5. The van der Waals surface area contributed by atoms with Crippen LogP contribution in [0.4, 0.5) is 0 Å². The van der Waals surface area contributed by atoms with E-state index in [0.717, 1.165) is 51.4 Å². The summed E-state index contributed by atoms with van der Waals surface area (Å²) in [7, 11) is 0. The molecule has 0 radical (unpaired) electrons. The summed E-state index contributed by atoms with van der Waals surface area (Å²) in [4.78, 5) is 13.5. The van der Waals surface area contributed by atoms with E-state index in [1.807, 2.05) is 0 Å². The van der Waals surface area contributed by atoms with E-state index in [0.29, 0.717) is 12.8 Å². The first-order valence-corrected chi connectivity index (χ1v) is 39.1. The van der Waals surface area contributed by atoms with Crippen LogP contribution >= 0.6 is 0 Å². The fourth-order valence-corrected chi connectivity index (χ4v) is 13.5. The lowest BCUT2D eigenvalue weighted by Gasteiger charge is -2.48. The molecule has 3 aliphatic rings. The first-order chi connectivity index (χ1) is 46.3. The monoisotopic (exact) mass is 1360 g/mol. The summed E-state index contributed by atoms with van der Waals surface area (Å²) in [5.41, 5.74) is 0. The molecule has 0 spiro atoms. The predicted octanol–water partition coefficient (Wildman–Crippen LogP) is 12.2. The van der Waals surface area contributed by atoms with Crippen molar-refractivity contribution >= 4 is 5.91 Å². The molecule has 12 N–H and O–H groups in total. The average molecular weight is 1360 g/mol. The lowest BCUT2D eigenvalue weighted by molar-refractivity contribution is -0.379. The minimum Gasteiger partial charge on any atom is -0.394 e. The Morgan fingerprint density at radius 2 is 0.695 bits per heavy atom. The van der Waals surface area contributed by atoms with Gasteiger partial charge in [-0.15, -0.1) is 0 Å². The van der Waals surface area contributed by atoms with Crippen LogP contribution in [0.3, 0.4) is 0 Å². The molecule has 95 heavy (non-hydrogen) atoms. The van der Waals surface area contributed by atoms with Crippen molar-refractivity contribution in [1.82, 2.24) is 5.32 Å². The van der Waals surface area contributed by atoms with Crippen LogP contribution in [0.25, 0.3) is 0 Å². The fraction of sp³-hybridized carbons (Fsp3) is 0.934. The highest BCUT2D eigenvalue weighted by molar-refractivity contribution is 5.76. The van der Waals surface area contributed by atoms with Gasteiger partial charge in [-0.25, -0.2) is 0 Å². The summed E-state index contributed by atoms with van der Waals surface area (Å²) in [5, 5.41) is 121. The van der Waals surface area contributed by atoms with E-state index in [2.05, 4.69) is 43.5 Å². The number of carbonyl (C=O) groups excluding carboxylic acids is 1. The molecule has 17 unspecified atom stereocenters. The molecule has 3 heterocycles. The number of unbranched alkanes of at least 4 members (excludes halogenated alkanes) is 42. The molecule has 560 valence electrons. The van der Waals surface area contributed by atoms with E-state index >= 15 is 0 Å². The molecule has 0 aliphatic carbocycles. The van der Waals surface area contributed by atoms with E-state index in [-0.39, 0.29) is 18.9 Å². The number of aliphatic hydroxyl groups is 11. The standard InChI is InChI=1S/C76H143NO18/c1-3-5-7-9-11-13-15-17-19-21-23-24-25-26-27-28-29-30-31-32-33-34-36-38-40-42-44-46-48-50-52-54-64(82)77-59(60(81)53-51-49-47-45-43-41-39-37-35-22-20-18-16-14-12-10-8-6-4-2)58-90-74-70(88)67(85)72(62(56-79)92-74)95-76-71(89)68(86)73(63(57-80)93-76)94-75-69(87)66(84)65(83)61(55-78)91-75/h15,17,21,23,59-63,65-76,78-81,83-89H,3-14,16,18-20,22,24-58H2,1-2H3,(H,77,82)/b17-15-,23-21-. The van der Waals surface area contributed by atoms with E-state index in [9.17, 15) is 61.0 Å². The van der Waals surface area contributed by atoms with Crippen LogP contribution in [0.15, 0.2) is 24.3 Å². The van der Waals surface area contributed by atoms with Crippen LogP contribution in [-0.4, -0.2) is 193 Å². The zero-order valence-corrected chi connectivity index (χ0v) is 59.7. The van der Waals surface area contributed by atoms with E-state index in [1.54, 1.807) is 0 Å². The number of amides is 1.